The molecule has 1 saturated carbocycles. The molecule has 1 aliphatic heterocycles. The van der Waals surface area contributed by atoms with Gasteiger partial charge in [0, 0.05) is 13.2 Å². The van der Waals surface area contributed by atoms with E-state index in [9.17, 15) is 9.59 Å². The molecule has 1 N–H and O–H groups in total. The van der Waals surface area contributed by atoms with Gasteiger partial charge in [-0.15, -0.1) is 0 Å². The molecule has 2 rings (SSSR count). The molecule has 1 aliphatic carbocycles. The van der Waals surface area contributed by atoms with Crippen molar-refractivity contribution in [1.82, 2.24) is 4.90 Å². The molecule has 0 bridgehead atoms. The van der Waals surface area contributed by atoms with Gasteiger partial charge in [-0.2, -0.15) is 0 Å². The summed E-state index contributed by atoms with van der Waals surface area (Å²) in [6.07, 6.45) is 3.23. The minimum Gasteiger partial charge on any atom is -0.396 e. The lowest BCUT2D eigenvalue weighted by Gasteiger charge is -2.14. The highest BCUT2D eigenvalue weighted by molar-refractivity contribution is 6.05. The molecule has 0 spiro atoms. The van der Waals surface area contributed by atoms with Crippen molar-refractivity contribution in [2.75, 3.05) is 13.2 Å². The number of nitrogens with zero attached hydrogens (tertiary/aromatic N) is 1. The first-order valence-corrected chi connectivity index (χ1v) is 5.22. The predicted molar refractivity (Wildman–Crippen MR) is 49.3 cm³/mol. The molecule has 4 heteroatoms. The molecular weight excluding hydrogens is 182 g/mol. The minimum atomic E-state index is -0.0406. The van der Waals surface area contributed by atoms with Crippen LogP contribution in [0.15, 0.2) is 0 Å². The molecular formula is C10H15NO3. The normalized spacial score (nSPS) is 31.4. The Bertz CT molecular complexity index is 242. The van der Waals surface area contributed by atoms with Gasteiger partial charge in [-0.3, -0.25) is 14.5 Å². The fourth-order valence-corrected chi connectivity index (χ4v) is 2.51. The maximum absolute atomic E-state index is 11.7. The number of imide groups is 1. The summed E-state index contributed by atoms with van der Waals surface area (Å²) in [5, 5.41) is 8.65. The van der Waals surface area contributed by atoms with Gasteiger partial charge in [0.05, 0.1) is 11.8 Å². The molecule has 2 atom stereocenters. The zero-order chi connectivity index (χ0) is 10.1. The number of aliphatic hydroxyl groups is 1. The Labute approximate surface area is 82.9 Å². The fourth-order valence-electron chi connectivity index (χ4n) is 2.51. The molecule has 78 valence electrons. The van der Waals surface area contributed by atoms with Gasteiger partial charge in [-0.1, -0.05) is 6.42 Å². The highest BCUT2D eigenvalue weighted by Crippen LogP contribution is 2.39. The Hall–Kier alpha value is -0.900. The summed E-state index contributed by atoms with van der Waals surface area (Å²) in [6, 6.07) is 0. The summed E-state index contributed by atoms with van der Waals surface area (Å²) in [7, 11) is 0. The van der Waals surface area contributed by atoms with E-state index in [-0.39, 0.29) is 30.3 Å². The van der Waals surface area contributed by atoms with E-state index < -0.39 is 0 Å². The van der Waals surface area contributed by atoms with Crippen LogP contribution >= 0.6 is 0 Å². The van der Waals surface area contributed by atoms with Gasteiger partial charge < -0.3 is 5.11 Å². The topological polar surface area (TPSA) is 57.6 Å². The van der Waals surface area contributed by atoms with E-state index in [2.05, 4.69) is 0 Å². The van der Waals surface area contributed by atoms with E-state index in [1.165, 1.54) is 4.90 Å². The molecule has 1 heterocycles. The van der Waals surface area contributed by atoms with Crippen LogP contribution in [0.3, 0.4) is 0 Å². The molecule has 0 aromatic rings. The number of aliphatic hydroxyl groups excluding tert-OH is 1. The number of hydrogen-bond donors (Lipinski definition) is 1. The molecule has 2 amide bonds. The number of hydrogen-bond acceptors (Lipinski definition) is 3. The van der Waals surface area contributed by atoms with Crippen LogP contribution in [-0.2, 0) is 9.59 Å². The van der Waals surface area contributed by atoms with Crippen molar-refractivity contribution in [2.45, 2.75) is 25.7 Å². The summed E-state index contributed by atoms with van der Waals surface area (Å²) >= 11 is 0. The van der Waals surface area contributed by atoms with Crippen LogP contribution in [0.5, 0.6) is 0 Å². The van der Waals surface area contributed by atoms with Crippen molar-refractivity contribution < 1.29 is 14.7 Å². The lowest BCUT2D eigenvalue weighted by Crippen LogP contribution is -2.33. The van der Waals surface area contributed by atoms with E-state index in [1.807, 2.05) is 0 Å². The van der Waals surface area contributed by atoms with Crippen molar-refractivity contribution in [3.63, 3.8) is 0 Å². The maximum Gasteiger partial charge on any atom is 0.233 e. The SMILES string of the molecule is O=C1C2CCCC2C(=O)N1CCCO. The van der Waals surface area contributed by atoms with Crippen LogP contribution in [0, 0.1) is 11.8 Å². The van der Waals surface area contributed by atoms with E-state index in [1.54, 1.807) is 0 Å². The molecule has 2 aliphatic rings. The highest BCUT2D eigenvalue weighted by atomic mass is 16.3. The number of carbonyl (C=O) groups excluding carboxylic acids is 2. The van der Waals surface area contributed by atoms with Crippen molar-refractivity contribution >= 4 is 11.8 Å². The first-order valence-electron chi connectivity index (χ1n) is 5.22. The van der Waals surface area contributed by atoms with Gasteiger partial charge in [0.25, 0.3) is 0 Å². The van der Waals surface area contributed by atoms with E-state index in [0.717, 1.165) is 19.3 Å². The summed E-state index contributed by atoms with van der Waals surface area (Å²) in [5.74, 6) is -0.0979. The third-order valence-electron chi connectivity index (χ3n) is 3.22. The second kappa shape index (κ2) is 3.69. The Morgan fingerprint density at radius 3 is 2.29 bits per heavy atom. The number of amides is 2. The smallest absolute Gasteiger partial charge is 0.233 e. The summed E-state index contributed by atoms with van der Waals surface area (Å²) in [5.41, 5.74) is 0. The number of rotatable bonds is 3. The minimum absolute atomic E-state index is 0.00838. The molecule has 1 saturated heterocycles. The summed E-state index contributed by atoms with van der Waals surface area (Å²) in [4.78, 5) is 24.8. The third kappa shape index (κ3) is 1.34. The Balaban J connectivity index is 2.06. The van der Waals surface area contributed by atoms with E-state index >= 15 is 0 Å². The molecule has 4 nitrogen and oxygen atoms in total. The Morgan fingerprint density at radius 1 is 1.21 bits per heavy atom. The van der Waals surface area contributed by atoms with Gasteiger partial charge in [0.2, 0.25) is 11.8 Å². The quantitative estimate of drug-likeness (QED) is 0.655. The van der Waals surface area contributed by atoms with E-state index in [4.69, 9.17) is 5.11 Å². The second-order valence-corrected chi connectivity index (χ2v) is 4.05. The lowest BCUT2D eigenvalue weighted by molar-refractivity contribution is -0.140. The highest BCUT2D eigenvalue weighted by Gasteiger charge is 2.49. The molecule has 0 aromatic carbocycles. The van der Waals surface area contributed by atoms with Crippen molar-refractivity contribution in [2.24, 2.45) is 11.8 Å². The van der Waals surface area contributed by atoms with Gasteiger partial charge in [-0.25, -0.2) is 0 Å². The standard InChI is InChI=1S/C10H15NO3/c12-6-2-5-11-9(13)7-3-1-4-8(7)10(11)14/h7-8,12H,1-6H2. The van der Waals surface area contributed by atoms with Gasteiger partial charge in [0.15, 0.2) is 0 Å². The number of carbonyl (C=O) groups is 2. The van der Waals surface area contributed by atoms with Crippen molar-refractivity contribution in [1.29, 1.82) is 0 Å². The van der Waals surface area contributed by atoms with Crippen LogP contribution in [0.4, 0.5) is 0 Å². The zero-order valence-corrected chi connectivity index (χ0v) is 8.11. The molecule has 0 radical (unpaired) electrons. The largest absolute Gasteiger partial charge is 0.396 e. The average molecular weight is 197 g/mol. The first-order chi connectivity index (χ1) is 6.75. The summed E-state index contributed by atoms with van der Waals surface area (Å²) in [6.45, 7) is 0.424. The monoisotopic (exact) mass is 197 g/mol. The molecule has 2 fully saturated rings. The maximum atomic E-state index is 11.7. The van der Waals surface area contributed by atoms with Gasteiger partial charge >= 0.3 is 0 Å². The zero-order valence-electron chi connectivity index (χ0n) is 8.11. The first kappa shape index (κ1) is 9.65. The number of likely N-dealkylation sites (tertiary alicyclic amines) is 1. The van der Waals surface area contributed by atoms with Crippen molar-refractivity contribution in [3.8, 4) is 0 Å². The van der Waals surface area contributed by atoms with Crippen LogP contribution in [0.25, 0.3) is 0 Å². The molecule has 14 heavy (non-hydrogen) atoms. The van der Waals surface area contributed by atoms with Crippen LogP contribution in [-0.4, -0.2) is 35.0 Å². The van der Waals surface area contributed by atoms with Crippen LogP contribution in [0.1, 0.15) is 25.7 Å². The molecule has 0 aromatic heterocycles. The fraction of sp³-hybridized carbons (Fsp3) is 0.800. The Kier molecular flexibility index (Phi) is 2.54. The number of fused-ring (bicyclic) bond motifs is 1. The van der Waals surface area contributed by atoms with Gasteiger partial charge in [-0.05, 0) is 19.3 Å². The summed E-state index contributed by atoms with van der Waals surface area (Å²) < 4.78 is 0. The lowest BCUT2D eigenvalue weighted by atomic mass is 10.00. The van der Waals surface area contributed by atoms with Crippen LogP contribution < -0.4 is 0 Å². The third-order valence-corrected chi connectivity index (χ3v) is 3.22. The van der Waals surface area contributed by atoms with Crippen LogP contribution in [0.2, 0.25) is 0 Å². The Morgan fingerprint density at radius 2 is 1.79 bits per heavy atom. The predicted octanol–water partition coefficient (Wildman–Crippen LogP) is 0.154. The molecule has 2 unspecified atom stereocenters. The van der Waals surface area contributed by atoms with Crippen molar-refractivity contribution in [3.05, 3.63) is 0 Å². The van der Waals surface area contributed by atoms with Gasteiger partial charge in [0.1, 0.15) is 0 Å². The second-order valence-electron chi connectivity index (χ2n) is 4.05. The van der Waals surface area contributed by atoms with E-state index in [0.29, 0.717) is 13.0 Å². The average Bonchev–Trinajstić information content (AvgIpc) is 2.72.